The van der Waals surface area contributed by atoms with Crippen LogP contribution in [0, 0.1) is 0 Å². The topological polar surface area (TPSA) is 68.2 Å². The number of alkyl halides is 2. The Kier molecular flexibility index (Phi) is 3.75. The molecule has 0 bridgehead atoms. The number of benzene rings is 1. The molecule has 0 radical (unpaired) electrons. The number of ether oxygens (including phenoxy) is 1. The number of para-hydroxylation sites is 1. The first kappa shape index (κ1) is 16.3. The zero-order chi connectivity index (χ0) is 18.3. The molecule has 3 heterocycles. The number of anilines is 1. The summed E-state index contributed by atoms with van der Waals surface area (Å²) in [5.41, 5.74) is 2.23. The van der Waals surface area contributed by atoms with Crippen LogP contribution in [-0.4, -0.2) is 27.0 Å². The van der Waals surface area contributed by atoms with Crippen LogP contribution >= 0.6 is 0 Å². The minimum Gasteiger partial charge on any atom is -0.423 e. The van der Waals surface area contributed by atoms with E-state index in [9.17, 15) is 13.6 Å². The molecule has 3 aromatic rings. The predicted molar refractivity (Wildman–Crippen MR) is 89.9 cm³/mol. The van der Waals surface area contributed by atoms with Crippen molar-refractivity contribution in [2.75, 3.05) is 4.90 Å². The van der Waals surface area contributed by atoms with E-state index in [0.29, 0.717) is 34.5 Å². The smallest absolute Gasteiger partial charge is 0.423 e. The molecule has 0 fully saturated rings. The number of pyridine rings is 1. The lowest BCUT2D eigenvalue weighted by molar-refractivity contribution is -0.193. The van der Waals surface area contributed by atoms with Crippen LogP contribution < -0.4 is 9.64 Å². The average Bonchev–Trinajstić information content (AvgIpc) is 2.64. The Bertz CT molecular complexity index is 1010. The Balaban J connectivity index is 1.78. The summed E-state index contributed by atoms with van der Waals surface area (Å²) in [4.78, 5) is 25.9. The first-order valence-electron chi connectivity index (χ1n) is 8.07. The second-order valence-electron chi connectivity index (χ2n) is 5.84. The number of nitrogens with zero attached hydrogens (tertiary/aromatic N) is 4. The maximum absolute atomic E-state index is 14.1. The van der Waals surface area contributed by atoms with Gasteiger partial charge in [0.15, 0.2) is 11.4 Å². The van der Waals surface area contributed by atoms with E-state index < -0.39 is 12.0 Å². The second-order valence-corrected chi connectivity index (χ2v) is 5.84. The molecule has 0 atom stereocenters. The van der Waals surface area contributed by atoms with Gasteiger partial charge in [-0.2, -0.15) is 8.78 Å². The molecule has 1 aliphatic rings. The maximum atomic E-state index is 14.1. The third kappa shape index (κ3) is 2.63. The standard InChI is InChI=1S/C18H14F2N4O2/c1-2-11-5-3-7-14-15(11)26-18(19,20)17(25)24(14)10-12-9-22-13-6-4-8-21-16(13)23-12/h3-9H,2,10H2,1H3. The Hall–Kier alpha value is -3.16. The van der Waals surface area contributed by atoms with E-state index in [1.807, 2.05) is 6.92 Å². The molecule has 1 amide bonds. The van der Waals surface area contributed by atoms with Gasteiger partial charge in [-0.1, -0.05) is 19.1 Å². The number of amides is 1. The minimum absolute atomic E-state index is 0.0199. The van der Waals surface area contributed by atoms with E-state index in [4.69, 9.17) is 4.74 Å². The molecule has 1 aromatic carbocycles. The molecule has 0 spiro atoms. The summed E-state index contributed by atoms with van der Waals surface area (Å²) >= 11 is 0. The highest BCUT2D eigenvalue weighted by molar-refractivity contribution is 6.01. The Morgan fingerprint density at radius 3 is 2.85 bits per heavy atom. The van der Waals surface area contributed by atoms with Crippen molar-refractivity contribution >= 4 is 22.8 Å². The molecule has 6 nitrogen and oxygen atoms in total. The fourth-order valence-corrected chi connectivity index (χ4v) is 2.90. The number of halogens is 2. The summed E-state index contributed by atoms with van der Waals surface area (Å²) in [7, 11) is 0. The van der Waals surface area contributed by atoms with E-state index >= 15 is 0 Å². The van der Waals surface area contributed by atoms with Crippen LogP contribution in [0.4, 0.5) is 14.5 Å². The highest BCUT2D eigenvalue weighted by Gasteiger charge is 2.51. The van der Waals surface area contributed by atoms with Crippen molar-refractivity contribution in [3.8, 4) is 5.75 Å². The molecule has 0 unspecified atom stereocenters. The lowest BCUT2D eigenvalue weighted by Crippen LogP contribution is -2.50. The van der Waals surface area contributed by atoms with Gasteiger partial charge < -0.3 is 4.74 Å². The molecule has 132 valence electrons. The largest absolute Gasteiger partial charge is 0.483 e. The van der Waals surface area contributed by atoms with Crippen molar-refractivity contribution in [3.05, 3.63) is 54.0 Å². The second kappa shape index (κ2) is 5.98. The van der Waals surface area contributed by atoms with Crippen LogP contribution in [0.3, 0.4) is 0 Å². The molecule has 8 heteroatoms. The van der Waals surface area contributed by atoms with Crippen molar-refractivity contribution in [1.82, 2.24) is 15.0 Å². The Morgan fingerprint density at radius 1 is 1.19 bits per heavy atom. The SMILES string of the molecule is CCc1cccc2c1OC(F)(F)C(=O)N2Cc1cnc2cccnc2n1. The summed E-state index contributed by atoms with van der Waals surface area (Å²) in [6, 6.07) is 8.45. The zero-order valence-electron chi connectivity index (χ0n) is 13.8. The van der Waals surface area contributed by atoms with E-state index in [0.717, 1.165) is 4.90 Å². The Labute approximate surface area is 147 Å². The van der Waals surface area contributed by atoms with E-state index in [2.05, 4.69) is 15.0 Å². The lowest BCUT2D eigenvalue weighted by atomic mass is 10.1. The number of aryl methyl sites for hydroxylation is 1. The van der Waals surface area contributed by atoms with Gasteiger partial charge in [0.2, 0.25) is 0 Å². The summed E-state index contributed by atoms with van der Waals surface area (Å²) in [6.07, 6.45) is -0.409. The molecule has 0 N–H and O–H groups in total. The molecule has 26 heavy (non-hydrogen) atoms. The molecule has 0 aliphatic carbocycles. The van der Waals surface area contributed by atoms with Crippen LogP contribution in [0.2, 0.25) is 0 Å². The van der Waals surface area contributed by atoms with Gasteiger partial charge in [0.25, 0.3) is 0 Å². The number of carbonyl (C=O) groups excluding carboxylic acids is 1. The molecular weight excluding hydrogens is 342 g/mol. The molecule has 2 aromatic heterocycles. The van der Waals surface area contributed by atoms with E-state index in [1.165, 1.54) is 6.20 Å². The molecule has 0 saturated heterocycles. The van der Waals surface area contributed by atoms with Crippen LogP contribution in [-0.2, 0) is 17.8 Å². The fraction of sp³-hybridized carbons (Fsp3) is 0.222. The van der Waals surface area contributed by atoms with Crippen LogP contribution in [0.15, 0.2) is 42.7 Å². The highest BCUT2D eigenvalue weighted by Crippen LogP contribution is 2.42. The number of aromatic nitrogens is 3. The first-order chi connectivity index (χ1) is 12.5. The third-order valence-electron chi connectivity index (χ3n) is 4.16. The predicted octanol–water partition coefficient (Wildman–Crippen LogP) is 3.11. The minimum atomic E-state index is -3.93. The number of carbonyl (C=O) groups is 1. The van der Waals surface area contributed by atoms with Crippen LogP contribution in [0.1, 0.15) is 18.2 Å². The van der Waals surface area contributed by atoms with Crippen LogP contribution in [0.25, 0.3) is 11.2 Å². The lowest BCUT2D eigenvalue weighted by Gasteiger charge is -2.34. The average molecular weight is 356 g/mol. The third-order valence-corrected chi connectivity index (χ3v) is 4.16. The summed E-state index contributed by atoms with van der Waals surface area (Å²) in [5.74, 6) is -1.41. The molecular formula is C18H14F2N4O2. The van der Waals surface area contributed by atoms with E-state index in [-0.39, 0.29) is 12.3 Å². The number of rotatable bonds is 3. The van der Waals surface area contributed by atoms with Crippen molar-refractivity contribution in [1.29, 1.82) is 0 Å². The van der Waals surface area contributed by atoms with Crippen molar-refractivity contribution < 1.29 is 18.3 Å². The van der Waals surface area contributed by atoms with E-state index in [1.54, 1.807) is 36.5 Å². The molecule has 0 saturated carbocycles. The number of hydrogen-bond acceptors (Lipinski definition) is 5. The van der Waals surface area contributed by atoms with Gasteiger partial charge >= 0.3 is 12.0 Å². The zero-order valence-corrected chi connectivity index (χ0v) is 13.8. The number of hydrogen-bond donors (Lipinski definition) is 0. The van der Waals surface area contributed by atoms with Gasteiger partial charge in [-0.05, 0) is 30.2 Å². The fourth-order valence-electron chi connectivity index (χ4n) is 2.90. The normalized spacial score (nSPS) is 15.7. The van der Waals surface area contributed by atoms with Crippen molar-refractivity contribution in [2.45, 2.75) is 26.0 Å². The summed E-state index contributed by atoms with van der Waals surface area (Å²) in [5, 5.41) is 0. The van der Waals surface area contributed by atoms with Gasteiger partial charge in [0.1, 0.15) is 5.52 Å². The van der Waals surface area contributed by atoms with Gasteiger partial charge in [0.05, 0.1) is 24.1 Å². The summed E-state index contributed by atoms with van der Waals surface area (Å²) in [6.45, 7) is 1.68. The molecule has 1 aliphatic heterocycles. The van der Waals surface area contributed by atoms with Gasteiger partial charge in [-0.3, -0.25) is 14.7 Å². The molecule has 4 rings (SSSR count). The Morgan fingerprint density at radius 2 is 2.04 bits per heavy atom. The van der Waals surface area contributed by atoms with Gasteiger partial charge in [-0.25, -0.2) is 9.97 Å². The van der Waals surface area contributed by atoms with Crippen molar-refractivity contribution in [2.24, 2.45) is 0 Å². The first-order valence-corrected chi connectivity index (χ1v) is 8.07. The van der Waals surface area contributed by atoms with Gasteiger partial charge in [-0.15, -0.1) is 0 Å². The quantitative estimate of drug-likeness (QED) is 0.721. The number of fused-ring (bicyclic) bond motifs is 2. The summed E-state index contributed by atoms with van der Waals surface area (Å²) < 4.78 is 33.0. The van der Waals surface area contributed by atoms with Crippen molar-refractivity contribution in [3.63, 3.8) is 0 Å². The van der Waals surface area contributed by atoms with Crippen LogP contribution in [0.5, 0.6) is 5.75 Å². The highest BCUT2D eigenvalue weighted by atomic mass is 19.3. The maximum Gasteiger partial charge on any atom is 0.483 e. The van der Waals surface area contributed by atoms with Gasteiger partial charge in [0, 0.05) is 6.20 Å². The monoisotopic (exact) mass is 356 g/mol.